The summed E-state index contributed by atoms with van der Waals surface area (Å²) in [5.41, 5.74) is 3.54. The zero-order chi connectivity index (χ0) is 20.6. The van der Waals surface area contributed by atoms with E-state index in [0.717, 1.165) is 5.56 Å². The highest BCUT2D eigenvalue weighted by Gasteiger charge is 2.12. The van der Waals surface area contributed by atoms with Gasteiger partial charge in [-0.15, -0.1) is 0 Å². The molecule has 0 saturated heterocycles. The van der Waals surface area contributed by atoms with E-state index in [1.54, 1.807) is 6.20 Å². The van der Waals surface area contributed by atoms with Crippen LogP contribution in [0.15, 0.2) is 97.3 Å². The topological polar surface area (TPSA) is 56.1 Å². The number of hydrogen-bond donors (Lipinski definition) is 1. The number of carbonyl (C=O) groups excluding carboxylic acids is 1. The van der Waals surface area contributed by atoms with E-state index in [1.807, 2.05) is 83.7 Å². The number of nitrogens with one attached hydrogen (secondary N) is 1. The second-order valence-corrected chi connectivity index (χ2v) is 6.92. The molecule has 0 aliphatic carbocycles. The first-order valence-corrected chi connectivity index (χ1v) is 9.91. The van der Waals surface area contributed by atoms with E-state index in [4.69, 9.17) is 4.74 Å². The van der Waals surface area contributed by atoms with Gasteiger partial charge in [-0.05, 0) is 41.8 Å². The number of amides is 1. The SMILES string of the molecule is O=C(Nc1cccc(OCCn2cccn2)c1)c1ccccc1Cc1ccccc1. The Labute approximate surface area is 175 Å². The lowest BCUT2D eigenvalue weighted by atomic mass is 9.99. The number of hydrogen-bond acceptors (Lipinski definition) is 3. The molecular weight excluding hydrogens is 374 g/mol. The average Bonchev–Trinajstić information content (AvgIpc) is 3.29. The van der Waals surface area contributed by atoms with E-state index in [1.165, 1.54) is 5.56 Å². The number of rotatable bonds is 8. The van der Waals surface area contributed by atoms with Crippen LogP contribution in [0.5, 0.6) is 5.75 Å². The van der Waals surface area contributed by atoms with Gasteiger partial charge in [0.15, 0.2) is 0 Å². The number of aromatic nitrogens is 2. The van der Waals surface area contributed by atoms with E-state index < -0.39 is 0 Å². The molecule has 5 nitrogen and oxygen atoms in total. The van der Waals surface area contributed by atoms with Crippen molar-refractivity contribution in [1.82, 2.24) is 9.78 Å². The van der Waals surface area contributed by atoms with E-state index in [2.05, 4.69) is 22.5 Å². The predicted molar refractivity (Wildman–Crippen MR) is 118 cm³/mol. The molecular formula is C25H23N3O2. The second-order valence-electron chi connectivity index (χ2n) is 6.92. The first-order chi connectivity index (χ1) is 14.8. The largest absolute Gasteiger partial charge is 0.492 e. The van der Waals surface area contributed by atoms with Gasteiger partial charge in [0.25, 0.3) is 5.91 Å². The third-order valence-electron chi connectivity index (χ3n) is 4.74. The molecule has 0 saturated carbocycles. The Hall–Kier alpha value is -3.86. The minimum Gasteiger partial charge on any atom is -0.492 e. The summed E-state index contributed by atoms with van der Waals surface area (Å²) in [5, 5.41) is 7.15. The van der Waals surface area contributed by atoms with Crippen LogP contribution in [0.2, 0.25) is 0 Å². The van der Waals surface area contributed by atoms with Crippen LogP contribution in [0.4, 0.5) is 5.69 Å². The van der Waals surface area contributed by atoms with Crippen molar-refractivity contribution in [2.24, 2.45) is 0 Å². The Morgan fingerprint density at radius 1 is 0.933 bits per heavy atom. The monoisotopic (exact) mass is 397 g/mol. The summed E-state index contributed by atoms with van der Waals surface area (Å²) in [5.74, 6) is 0.577. The van der Waals surface area contributed by atoms with Gasteiger partial charge in [-0.25, -0.2) is 0 Å². The fraction of sp³-hybridized carbons (Fsp3) is 0.120. The normalized spacial score (nSPS) is 10.5. The number of nitrogens with zero attached hydrogens (tertiary/aromatic N) is 2. The molecule has 1 amide bonds. The third-order valence-corrected chi connectivity index (χ3v) is 4.74. The molecule has 5 heteroatoms. The smallest absolute Gasteiger partial charge is 0.255 e. The lowest BCUT2D eigenvalue weighted by Gasteiger charge is -2.12. The molecule has 1 aromatic heterocycles. The summed E-state index contributed by atoms with van der Waals surface area (Å²) in [6, 6.07) is 27.2. The molecule has 0 fully saturated rings. The van der Waals surface area contributed by atoms with Gasteiger partial charge in [-0.2, -0.15) is 5.10 Å². The van der Waals surface area contributed by atoms with Crippen molar-refractivity contribution in [3.05, 3.63) is 114 Å². The van der Waals surface area contributed by atoms with Crippen molar-refractivity contribution in [3.63, 3.8) is 0 Å². The fourth-order valence-electron chi connectivity index (χ4n) is 3.26. The average molecular weight is 397 g/mol. The van der Waals surface area contributed by atoms with E-state index in [9.17, 15) is 4.79 Å². The molecule has 3 aromatic carbocycles. The lowest BCUT2D eigenvalue weighted by Crippen LogP contribution is -2.14. The molecule has 30 heavy (non-hydrogen) atoms. The van der Waals surface area contributed by atoms with E-state index in [-0.39, 0.29) is 5.91 Å². The minimum absolute atomic E-state index is 0.129. The van der Waals surface area contributed by atoms with Crippen LogP contribution >= 0.6 is 0 Å². The highest BCUT2D eigenvalue weighted by molar-refractivity contribution is 6.05. The molecule has 0 aliphatic heterocycles. The summed E-state index contributed by atoms with van der Waals surface area (Å²) in [4.78, 5) is 12.9. The molecule has 4 rings (SSSR count). The highest BCUT2D eigenvalue weighted by Crippen LogP contribution is 2.20. The second kappa shape index (κ2) is 9.56. The van der Waals surface area contributed by atoms with Crippen LogP contribution in [-0.2, 0) is 13.0 Å². The number of ether oxygens (including phenoxy) is 1. The molecule has 0 atom stereocenters. The predicted octanol–water partition coefficient (Wildman–Crippen LogP) is 4.81. The van der Waals surface area contributed by atoms with Gasteiger partial charge >= 0.3 is 0 Å². The van der Waals surface area contributed by atoms with Crippen molar-refractivity contribution in [2.75, 3.05) is 11.9 Å². The van der Waals surface area contributed by atoms with Gasteiger partial charge in [0.1, 0.15) is 12.4 Å². The van der Waals surface area contributed by atoms with Crippen LogP contribution < -0.4 is 10.1 Å². The van der Waals surface area contributed by atoms with Gasteiger partial charge in [-0.1, -0.05) is 54.6 Å². The van der Waals surface area contributed by atoms with Gasteiger partial charge in [0.05, 0.1) is 6.54 Å². The molecule has 0 bridgehead atoms. The maximum absolute atomic E-state index is 12.9. The van der Waals surface area contributed by atoms with Gasteiger partial charge in [0.2, 0.25) is 0 Å². The molecule has 1 heterocycles. The Balaban J connectivity index is 1.41. The zero-order valence-electron chi connectivity index (χ0n) is 16.6. The van der Waals surface area contributed by atoms with Crippen LogP contribution in [-0.4, -0.2) is 22.3 Å². The number of anilines is 1. The molecule has 4 aromatic rings. The summed E-state index contributed by atoms with van der Waals surface area (Å²) in [6.07, 6.45) is 4.35. The van der Waals surface area contributed by atoms with Gasteiger partial charge in [0, 0.05) is 29.7 Å². The van der Waals surface area contributed by atoms with Crippen molar-refractivity contribution in [3.8, 4) is 5.75 Å². The summed E-state index contributed by atoms with van der Waals surface area (Å²) < 4.78 is 7.61. The first-order valence-electron chi connectivity index (χ1n) is 9.91. The maximum Gasteiger partial charge on any atom is 0.255 e. The Morgan fingerprint density at radius 3 is 2.60 bits per heavy atom. The Morgan fingerprint density at radius 2 is 1.77 bits per heavy atom. The maximum atomic E-state index is 12.9. The molecule has 1 N–H and O–H groups in total. The van der Waals surface area contributed by atoms with Crippen molar-refractivity contribution >= 4 is 11.6 Å². The minimum atomic E-state index is -0.129. The molecule has 0 radical (unpaired) electrons. The lowest BCUT2D eigenvalue weighted by molar-refractivity contribution is 0.102. The third kappa shape index (κ3) is 5.14. The Bertz CT molecular complexity index is 1090. The quantitative estimate of drug-likeness (QED) is 0.464. The van der Waals surface area contributed by atoms with Crippen molar-refractivity contribution in [2.45, 2.75) is 13.0 Å². The zero-order valence-corrected chi connectivity index (χ0v) is 16.6. The standard InChI is InChI=1S/C25H23N3O2/c29-25(24-13-5-4-10-21(24)18-20-8-2-1-3-9-20)27-22-11-6-12-23(19-22)30-17-16-28-15-7-14-26-28/h1-15,19H,16-18H2,(H,27,29). The van der Waals surface area contributed by atoms with Crippen LogP contribution in [0, 0.1) is 0 Å². The highest BCUT2D eigenvalue weighted by atomic mass is 16.5. The summed E-state index contributed by atoms with van der Waals surface area (Å²) in [7, 11) is 0. The molecule has 0 aliphatic rings. The van der Waals surface area contributed by atoms with Crippen LogP contribution in [0.25, 0.3) is 0 Å². The van der Waals surface area contributed by atoms with E-state index in [0.29, 0.717) is 36.6 Å². The molecule has 150 valence electrons. The molecule has 0 unspecified atom stereocenters. The number of carbonyl (C=O) groups is 1. The Kier molecular flexibility index (Phi) is 6.20. The van der Waals surface area contributed by atoms with Crippen molar-refractivity contribution in [1.29, 1.82) is 0 Å². The summed E-state index contributed by atoms with van der Waals surface area (Å²) in [6.45, 7) is 1.16. The van der Waals surface area contributed by atoms with Crippen LogP contribution in [0.3, 0.4) is 0 Å². The first kappa shape index (κ1) is 19.5. The van der Waals surface area contributed by atoms with E-state index >= 15 is 0 Å². The fourth-order valence-corrected chi connectivity index (χ4v) is 3.26. The summed E-state index contributed by atoms with van der Waals surface area (Å²) >= 11 is 0. The molecule has 0 spiro atoms. The van der Waals surface area contributed by atoms with Gasteiger partial charge < -0.3 is 10.1 Å². The van der Waals surface area contributed by atoms with Crippen molar-refractivity contribution < 1.29 is 9.53 Å². The van der Waals surface area contributed by atoms with Gasteiger partial charge in [-0.3, -0.25) is 9.48 Å². The van der Waals surface area contributed by atoms with Crippen LogP contribution in [0.1, 0.15) is 21.5 Å². The number of benzene rings is 3.